The maximum atomic E-state index is 15.5. The summed E-state index contributed by atoms with van der Waals surface area (Å²) >= 11 is 0. The van der Waals surface area contributed by atoms with Crippen molar-refractivity contribution in [1.29, 1.82) is 0 Å². The van der Waals surface area contributed by atoms with E-state index in [-0.39, 0.29) is 59.6 Å². The molecular weight excluding hydrogens is 1130 g/mol. The molecular formula is C71H97N11O6S. The van der Waals surface area contributed by atoms with Crippen LogP contribution in [0.15, 0.2) is 65.7 Å². The predicted molar refractivity (Wildman–Crippen MR) is 349 cm³/mol. The summed E-state index contributed by atoms with van der Waals surface area (Å²) in [6, 6.07) is 15.5. The monoisotopic (exact) mass is 1230 g/mol. The van der Waals surface area contributed by atoms with Crippen LogP contribution >= 0.6 is 0 Å². The average Bonchev–Trinajstić information content (AvgIpc) is 1.57. The zero-order valence-electron chi connectivity index (χ0n) is 53.9. The zero-order chi connectivity index (χ0) is 61.5. The van der Waals surface area contributed by atoms with E-state index in [0.29, 0.717) is 70.5 Å². The van der Waals surface area contributed by atoms with Gasteiger partial charge in [-0.15, -0.1) is 0 Å². The molecule has 2 N–H and O–H groups in total. The molecule has 18 heteroatoms. The second-order valence-electron chi connectivity index (χ2n) is 29.7. The molecule has 89 heavy (non-hydrogen) atoms. The summed E-state index contributed by atoms with van der Waals surface area (Å²) in [5.74, 6) is 0.129. The molecule has 4 aromatic rings. The number of nitrogens with zero attached hydrogens (tertiary/aromatic N) is 9. The van der Waals surface area contributed by atoms with Gasteiger partial charge in [0.05, 0.1) is 46.9 Å². The first-order chi connectivity index (χ1) is 43.0. The first-order valence-corrected chi connectivity index (χ1v) is 35.5. The molecule has 6 bridgehead atoms. The molecule has 2 unspecified atom stereocenters. The number of cyclic esters (lactones) is 1. The van der Waals surface area contributed by atoms with Gasteiger partial charge in [0.1, 0.15) is 29.1 Å². The third-order valence-corrected chi connectivity index (χ3v) is 23.9. The summed E-state index contributed by atoms with van der Waals surface area (Å²) in [5.41, 5.74) is 13.3. The Kier molecular flexibility index (Phi) is 17.0. The highest BCUT2D eigenvalue weighted by molar-refractivity contribution is 7.83. The Morgan fingerprint density at radius 1 is 0.865 bits per heavy atom. The summed E-state index contributed by atoms with van der Waals surface area (Å²) in [4.78, 5) is 78.0. The Morgan fingerprint density at radius 2 is 1.66 bits per heavy atom. The Balaban J connectivity index is 0.740. The lowest BCUT2D eigenvalue weighted by Crippen LogP contribution is -2.63. The van der Waals surface area contributed by atoms with E-state index in [2.05, 4.69) is 106 Å². The highest BCUT2D eigenvalue weighted by Gasteiger charge is 2.64. The highest BCUT2D eigenvalue weighted by atomic mass is 32.2. The summed E-state index contributed by atoms with van der Waals surface area (Å²) in [7, 11) is -1.40. The van der Waals surface area contributed by atoms with Gasteiger partial charge in [0, 0.05) is 105 Å². The van der Waals surface area contributed by atoms with Gasteiger partial charge in [0.2, 0.25) is 11.8 Å². The van der Waals surface area contributed by atoms with Crippen molar-refractivity contribution in [1.82, 2.24) is 49.2 Å². The van der Waals surface area contributed by atoms with Gasteiger partial charge in [0.25, 0.3) is 5.91 Å². The molecule has 14 rings (SSSR count). The van der Waals surface area contributed by atoms with E-state index in [1.54, 1.807) is 5.01 Å². The minimum atomic E-state index is -1.40. The van der Waals surface area contributed by atoms with Crippen LogP contribution in [0.2, 0.25) is 0 Å². The van der Waals surface area contributed by atoms with E-state index >= 15 is 9.59 Å². The Morgan fingerprint density at radius 3 is 2.45 bits per heavy atom. The summed E-state index contributed by atoms with van der Waals surface area (Å²) < 4.78 is 24.8. The van der Waals surface area contributed by atoms with Crippen LogP contribution in [0, 0.1) is 29.6 Å². The van der Waals surface area contributed by atoms with E-state index in [1.807, 2.05) is 40.4 Å². The molecule has 2 saturated carbocycles. The second kappa shape index (κ2) is 24.8. The SMILES string of the molecule is CCn1c(-c2cc(N3CCN4CCCC[C@@H]4C3)cnc2C(C)C)c2c3cc(ccc31)C1=CCCN(C1)C[C@H](NC(=O)[C@H](C1CCCC1)N1CC[C@]3(CCN(C(=O)[C@H]4[C@@H](C5CC5)N4[S@](=O)c4ccc(C)cc4)C3)C1)C(=O)N1CCC[C@H](N1)C(=O)OCC(C)(C)C2. The predicted octanol–water partition coefficient (Wildman–Crippen LogP) is 8.69. The number of rotatable bonds is 12. The number of amides is 3. The summed E-state index contributed by atoms with van der Waals surface area (Å²) in [6.07, 6.45) is 18.9. The van der Waals surface area contributed by atoms with Crippen molar-refractivity contribution >= 4 is 56.8 Å². The first kappa shape index (κ1) is 61.0. The number of carbonyl (C=O) groups excluding carboxylic acids is 4. The standard InChI is InChI=1S/C71H97N11O6S/c1-7-80-60-26-23-50-36-55(60)57(64(80)56-37-53(39-72-61(56)46(2)3)77-35-34-76-30-11-10-17-52(76)41-77)38-70(5,6)45-88-69(86)58-18-13-31-81(74-58)67(84)59(42-75-29-12-16-51(50)40-75)73-66(83)63(48-14-8-9-15-48)78-32-27-71(43-78)28-33-79(44-71)68(85)65-62(49-21-22-49)82(65)89(87)54-24-19-47(4)20-25-54/h16,19-20,23-26,36-37,39,46,48-49,52,58-59,62-63,65,74H,7-15,17-18,21-22,27-35,38,40-45H2,1-6H3,(H,73,83)/t52-,58+,59+,62-,63+,65-,71+,82?,89-/m1/s1. The molecule has 478 valence electrons. The molecule has 10 atom stereocenters. The number of hydrogen-bond donors (Lipinski definition) is 2. The molecule has 1 spiro atoms. The number of pyridine rings is 1. The lowest BCUT2D eigenvalue weighted by atomic mass is 9.83. The van der Waals surface area contributed by atoms with Gasteiger partial charge >= 0.3 is 5.97 Å². The van der Waals surface area contributed by atoms with Gasteiger partial charge in [-0.2, -0.15) is 0 Å². The molecule has 3 amide bonds. The van der Waals surface area contributed by atoms with Crippen LogP contribution in [0.1, 0.15) is 153 Å². The largest absolute Gasteiger partial charge is 0.464 e. The lowest BCUT2D eigenvalue weighted by Gasteiger charge is -2.45. The van der Waals surface area contributed by atoms with E-state index in [0.717, 1.165) is 119 Å². The van der Waals surface area contributed by atoms with Crippen molar-refractivity contribution < 1.29 is 28.1 Å². The van der Waals surface area contributed by atoms with Crippen molar-refractivity contribution in [2.24, 2.45) is 22.7 Å². The second-order valence-corrected chi connectivity index (χ2v) is 31.1. The van der Waals surface area contributed by atoms with Crippen LogP contribution in [0.3, 0.4) is 0 Å². The molecule has 2 aliphatic carbocycles. The quantitative estimate of drug-likeness (QED) is 0.103. The van der Waals surface area contributed by atoms with Gasteiger partial charge in [-0.05, 0) is 169 Å². The van der Waals surface area contributed by atoms with E-state index in [4.69, 9.17) is 9.72 Å². The molecule has 0 radical (unpaired) electrons. The fourth-order valence-corrected chi connectivity index (χ4v) is 18.9. The third-order valence-electron chi connectivity index (χ3n) is 22.3. The number of aryl methyl sites for hydroxylation is 2. The van der Waals surface area contributed by atoms with Gasteiger partial charge in [0.15, 0.2) is 0 Å². The maximum Gasteiger partial charge on any atom is 0.324 e. The molecule has 8 aliphatic heterocycles. The number of hydrazine groups is 1. The maximum absolute atomic E-state index is 15.5. The molecule has 2 aromatic heterocycles. The molecule has 10 aliphatic rings. The number of piperazine rings is 1. The van der Waals surface area contributed by atoms with Crippen LogP contribution in [0.25, 0.3) is 27.7 Å². The number of hydrogen-bond acceptors (Lipinski definition) is 12. The lowest BCUT2D eigenvalue weighted by molar-refractivity contribution is -0.155. The average molecular weight is 1230 g/mol. The number of aromatic nitrogens is 2. The van der Waals surface area contributed by atoms with E-state index in [1.165, 1.54) is 64.8 Å². The van der Waals surface area contributed by atoms with Crippen molar-refractivity contribution in [2.45, 2.75) is 191 Å². The number of nitrogens with one attached hydrogen (secondary N) is 2. The third kappa shape index (κ3) is 12.2. The fraction of sp³-hybridized carbons (Fsp3) is 0.648. The van der Waals surface area contributed by atoms with Crippen LogP contribution in [-0.2, 0) is 47.9 Å². The van der Waals surface area contributed by atoms with Gasteiger partial charge in [-0.25, -0.2) is 13.9 Å². The van der Waals surface area contributed by atoms with Crippen LogP contribution < -0.4 is 15.6 Å². The number of carbonyl (C=O) groups is 4. The fourth-order valence-electron chi connectivity index (χ4n) is 17.4. The number of anilines is 1. The number of likely N-dealkylation sites (tertiary alicyclic amines) is 2. The first-order valence-electron chi connectivity index (χ1n) is 34.4. The highest BCUT2D eigenvalue weighted by Crippen LogP contribution is 2.51. The Labute approximate surface area is 530 Å². The summed E-state index contributed by atoms with van der Waals surface area (Å²) in [6.45, 7) is 23.3. The molecule has 6 saturated heterocycles. The molecule has 17 nitrogen and oxygen atoms in total. The van der Waals surface area contributed by atoms with Crippen molar-refractivity contribution in [3.8, 4) is 11.3 Å². The van der Waals surface area contributed by atoms with Crippen LogP contribution in [0.5, 0.6) is 0 Å². The normalized spacial score (nSPS) is 30.3. The minimum absolute atomic E-state index is 0.0194. The molecule has 8 fully saturated rings. The topological polar surface area (TPSA) is 159 Å². The van der Waals surface area contributed by atoms with Crippen molar-refractivity contribution in [3.63, 3.8) is 0 Å². The number of benzene rings is 2. The number of esters is 1. The molecule has 10 heterocycles. The van der Waals surface area contributed by atoms with Crippen molar-refractivity contribution in [2.75, 3.05) is 90.0 Å². The number of ether oxygens (including phenoxy) is 1. The smallest absolute Gasteiger partial charge is 0.324 e. The van der Waals surface area contributed by atoms with Gasteiger partial charge in [-0.1, -0.05) is 76.8 Å². The van der Waals surface area contributed by atoms with Gasteiger partial charge < -0.3 is 24.4 Å². The Hall–Kier alpha value is -5.50. The van der Waals surface area contributed by atoms with E-state index in [9.17, 15) is 13.8 Å². The van der Waals surface area contributed by atoms with Crippen LogP contribution in [0.4, 0.5) is 5.69 Å². The minimum Gasteiger partial charge on any atom is -0.464 e. The van der Waals surface area contributed by atoms with E-state index < -0.39 is 34.5 Å². The molecule has 2 aromatic carbocycles. The zero-order valence-corrected chi connectivity index (χ0v) is 54.7. The van der Waals surface area contributed by atoms with Crippen molar-refractivity contribution in [3.05, 3.63) is 83.2 Å². The van der Waals surface area contributed by atoms with Crippen LogP contribution in [-0.4, -0.2) is 188 Å². The summed E-state index contributed by atoms with van der Waals surface area (Å²) in [5, 5.41) is 6.25. The van der Waals surface area contributed by atoms with Gasteiger partial charge in [-0.3, -0.25) is 43.9 Å². The Bertz CT molecular complexity index is 3410. The number of piperidine rings is 1. The number of fused-ring (bicyclic) bond motifs is 7.